The molecule has 0 spiro atoms. The van der Waals surface area contributed by atoms with Gasteiger partial charge >= 0.3 is 0 Å². The molecule has 2 rings (SSSR count). The highest BCUT2D eigenvalue weighted by Gasteiger charge is 2.33. The van der Waals surface area contributed by atoms with Gasteiger partial charge in [0, 0.05) is 22.7 Å². The fourth-order valence-electron chi connectivity index (χ4n) is 3.19. The van der Waals surface area contributed by atoms with Gasteiger partial charge in [-0.2, -0.15) is 0 Å². The quantitative estimate of drug-likeness (QED) is 0.814. The summed E-state index contributed by atoms with van der Waals surface area (Å²) in [5.41, 5.74) is -0.235. The Morgan fingerprint density at radius 1 is 1.24 bits per heavy atom. The molecular formula is C17H27NO2S. The molecule has 1 aromatic carbocycles. The number of rotatable bonds is 7. The van der Waals surface area contributed by atoms with E-state index in [1.807, 2.05) is 30.3 Å². The van der Waals surface area contributed by atoms with Crippen LogP contribution in [0, 0.1) is 5.92 Å². The van der Waals surface area contributed by atoms with Crippen molar-refractivity contribution in [3.05, 3.63) is 30.3 Å². The Bertz CT molecular complexity index is 445. The minimum absolute atomic E-state index is 0.148. The van der Waals surface area contributed by atoms with Crippen LogP contribution in [-0.2, 0) is 10.8 Å². The van der Waals surface area contributed by atoms with Crippen molar-refractivity contribution in [2.24, 2.45) is 5.92 Å². The highest BCUT2D eigenvalue weighted by atomic mass is 32.2. The molecule has 1 fully saturated rings. The Labute approximate surface area is 130 Å². The van der Waals surface area contributed by atoms with Gasteiger partial charge in [0.25, 0.3) is 0 Å². The molecular weight excluding hydrogens is 282 g/mol. The van der Waals surface area contributed by atoms with Crippen LogP contribution < -0.4 is 5.32 Å². The predicted molar refractivity (Wildman–Crippen MR) is 87.8 cm³/mol. The van der Waals surface area contributed by atoms with E-state index in [-0.39, 0.29) is 12.1 Å². The third-order valence-corrected chi connectivity index (χ3v) is 6.03. The van der Waals surface area contributed by atoms with Crippen LogP contribution in [0.1, 0.15) is 39.0 Å². The van der Waals surface area contributed by atoms with E-state index < -0.39 is 10.8 Å². The van der Waals surface area contributed by atoms with Crippen molar-refractivity contribution < 1.29 is 9.32 Å². The lowest BCUT2D eigenvalue weighted by Crippen LogP contribution is -2.53. The molecule has 21 heavy (non-hydrogen) atoms. The molecule has 0 aromatic heterocycles. The Kier molecular flexibility index (Phi) is 6.40. The topological polar surface area (TPSA) is 49.3 Å². The molecule has 4 heteroatoms. The average Bonchev–Trinajstić information content (AvgIpc) is 2.56. The fourth-order valence-corrected chi connectivity index (χ4v) is 4.17. The lowest BCUT2D eigenvalue weighted by atomic mass is 9.76. The van der Waals surface area contributed by atoms with Crippen LogP contribution in [0.15, 0.2) is 35.2 Å². The summed E-state index contributed by atoms with van der Waals surface area (Å²) in [6, 6.07) is 9.58. The third kappa shape index (κ3) is 4.63. The van der Waals surface area contributed by atoms with Crippen LogP contribution in [0.5, 0.6) is 0 Å². The first-order chi connectivity index (χ1) is 10.2. The monoisotopic (exact) mass is 309 g/mol. The number of hydrogen-bond acceptors (Lipinski definition) is 3. The number of aliphatic hydroxyl groups excluding tert-OH is 1. The van der Waals surface area contributed by atoms with E-state index in [9.17, 15) is 9.32 Å². The summed E-state index contributed by atoms with van der Waals surface area (Å²) in [7, 11) is -0.969. The van der Waals surface area contributed by atoms with Crippen LogP contribution in [0.4, 0.5) is 0 Å². The molecule has 2 N–H and O–H groups in total. The molecule has 118 valence electrons. The van der Waals surface area contributed by atoms with Crippen LogP contribution in [0.25, 0.3) is 0 Å². The van der Waals surface area contributed by atoms with Crippen molar-refractivity contribution in [3.63, 3.8) is 0 Å². The van der Waals surface area contributed by atoms with Crippen molar-refractivity contribution in [2.75, 3.05) is 18.9 Å². The zero-order chi connectivity index (χ0) is 15.1. The highest BCUT2D eigenvalue weighted by molar-refractivity contribution is 7.85. The van der Waals surface area contributed by atoms with Gasteiger partial charge in [0.15, 0.2) is 0 Å². The van der Waals surface area contributed by atoms with Crippen molar-refractivity contribution in [1.29, 1.82) is 0 Å². The minimum atomic E-state index is -0.969. The molecule has 1 aliphatic rings. The van der Waals surface area contributed by atoms with Crippen molar-refractivity contribution >= 4 is 10.8 Å². The Morgan fingerprint density at radius 3 is 2.52 bits per heavy atom. The number of nitrogens with one attached hydrogen (secondary N) is 1. The standard InChI is InChI=1S/C17H27NO2S/c1-17(14-19,15-8-4-2-5-9-15)18-12-13-21(20)16-10-6-3-7-11-16/h3,6-7,10-11,15,18-19H,2,4-5,8-9,12-14H2,1H3/t17-,21+/m0/s1. The summed E-state index contributed by atoms with van der Waals surface area (Å²) in [6.45, 7) is 2.93. The van der Waals surface area contributed by atoms with Gasteiger partial charge in [-0.3, -0.25) is 4.21 Å². The second-order valence-electron chi connectivity index (χ2n) is 6.20. The van der Waals surface area contributed by atoms with Crippen molar-refractivity contribution in [1.82, 2.24) is 5.32 Å². The molecule has 0 heterocycles. The summed E-state index contributed by atoms with van der Waals surface area (Å²) >= 11 is 0. The largest absolute Gasteiger partial charge is 0.394 e. The van der Waals surface area contributed by atoms with Crippen LogP contribution in [0.2, 0.25) is 0 Å². The molecule has 0 radical (unpaired) electrons. The number of benzene rings is 1. The normalized spacial score (nSPS) is 20.9. The maximum Gasteiger partial charge on any atom is 0.0613 e. The maximum atomic E-state index is 12.2. The molecule has 1 aromatic rings. The molecule has 1 saturated carbocycles. The first-order valence-corrected chi connectivity index (χ1v) is 9.27. The summed E-state index contributed by atoms with van der Waals surface area (Å²) in [5.74, 6) is 1.12. The minimum Gasteiger partial charge on any atom is -0.394 e. The van der Waals surface area contributed by atoms with Crippen LogP contribution in [-0.4, -0.2) is 33.8 Å². The predicted octanol–water partition coefficient (Wildman–Crippen LogP) is 2.72. The van der Waals surface area contributed by atoms with Crippen molar-refractivity contribution in [3.8, 4) is 0 Å². The molecule has 0 saturated heterocycles. The van der Waals surface area contributed by atoms with Gasteiger partial charge in [-0.25, -0.2) is 0 Å². The van der Waals surface area contributed by atoms with Crippen LogP contribution >= 0.6 is 0 Å². The van der Waals surface area contributed by atoms with Crippen LogP contribution in [0.3, 0.4) is 0 Å². The Balaban J connectivity index is 1.84. The number of hydrogen-bond donors (Lipinski definition) is 2. The van der Waals surface area contributed by atoms with Gasteiger partial charge in [-0.1, -0.05) is 37.5 Å². The van der Waals surface area contributed by atoms with Gasteiger partial charge in [0.2, 0.25) is 0 Å². The Hall–Kier alpha value is -0.710. The zero-order valence-corrected chi connectivity index (χ0v) is 13.7. The van der Waals surface area contributed by atoms with E-state index in [1.54, 1.807) is 0 Å². The van der Waals surface area contributed by atoms with E-state index in [4.69, 9.17) is 0 Å². The van der Waals surface area contributed by atoms with Gasteiger partial charge in [0.05, 0.1) is 17.4 Å². The molecule has 1 aliphatic carbocycles. The Morgan fingerprint density at radius 2 is 1.90 bits per heavy atom. The van der Waals surface area contributed by atoms with Gasteiger partial charge in [-0.05, 0) is 37.8 Å². The smallest absolute Gasteiger partial charge is 0.0613 e. The van der Waals surface area contributed by atoms with Gasteiger partial charge in [0.1, 0.15) is 0 Å². The highest BCUT2D eigenvalue weighted by Crippen LogP contribution is 2.32. The van der Waals surface area contributed by atoms with Crippen molar-refractivity contribution in [2.45, 2.75) is 49.5 Å². The summed E-state index contributed by atoms with van der Waals surface area (Å²) < 4.78 is 12.2. The van der Waals surface area contributed by atoms with Gasteiger partial charge < -0.3 is 10.4 Å². The van der Waals surface area contributed by atoms with E-state index in [2.05, 4.69) is 12.2 Å². The average molecular weight is 309 g/mol. The molecule has 2 atom stereocenters. The summed E-state index contributed by atoms with van der Waals surface area (Å²) in [4.78, 5) is 0.877. The summed E-state index contributed by atoms with van der Waals surface area (Å²) in [6.07, 6.45) is 6.21. The first kappa shape index (κ1) is 16.7. The molecule has 0 aliphatic heterocycles. The fraction of sp³-hybridized carbons (Fsp3) is 0.647. The zero-order valence-electron chi connectivity index (χ0n) is 12.9. The number of aliphatic hydroxyl groups is 1. The molecule has 0 amide bonds. The second kappa shape index (κ2) is 8.06. The first-order valence-electron chi connectivity index (χ1n) is 7.95. The second-order valence-corrected chi connectivity index (χ2v) is 7.77. The van der Waals surface area contributed by atoms with E-state index in [0.717, 1.165) is 4.90 Å². The molecule has 0 unspecified atom stereocenters. The molecule has 0 bridgehead atoms. The lowest BCUT2D eigenvalue weighted by Gasteiger charge is -2.39. The third-order valence-electron chi connectivity index (χ3n) is 4.66. The van der Waals surface area contributed by atoms with Gasteiger partial charge in [-0.15, -0.1) is 0 Å². The summed E-state index contributed by atoms with van der Waals surface area (Å²) in [5, 5.41) is 13.3. The SMILES string of the molecule is C[C@@](CO)(NCC[S@@](=O)c1ccccc1)C1CCCCC1. The van der Waals surface area contributed by atoms with E-state index in [1.165, 1.54) is 32.1 Å². The molecule has 3 nitrogen and oxygen atoms in total. The lowest BCUT2D eigenvalue weighted by molar-refractivity contribution is 0.0972. The van der Waals surface area contributed by atoms with E-state index >= 15 is 0 Å². The van der Waals surface area contributed by atoms with E-state index in [0.29, 0.717) is 18.2 Å². The maximum absolute atomic E-state index is 12.2.